The van der Waals surface area contributed by atoms with E-state index in [4.69, 9.17) is 4.74 Å². The average molecular weight is 226 g/mol. The standard InChI is InChI=1S/C14H26O2/c1-4-6-13(15)14(16-11-5-2)9-7-12(3)8-10-14/h12H,4-11H2,1-3H3. The van der Waals surface area contributed by atoms with Crippen LogP contribution in [0.25, 0.3) is 0 Å². The van der Waals surface area contributed by atoms with Gasteiger partial charge in [0.15, 0.2) is 5.78 Å². The Bertz CT molecular complexity index is 209. The fraction of sp³-hybridized carbons (Fsp3) is 0.929. The van der Waals surface area contributed by atoms with Crippen LogP contribution in [0.2, 0.25) is 0 Å². The Hall–Kier alpha value is -0.370. The van der Waals surface area contributed by atoms with E-state index >= 15 is 0 Å². The summed E-state index contributed by atoms with van der Waals surface area (Å²) in [6.45, 7) is 7.16. The fourth-order valence-corrected chi connectivity index (χ4v) is 2.48. The van der Waals surface area contributed by atoms with E-state index in [0.717, 1.165) is 51.0 Å². The molecule has 1 aliphatic rings. The van der Waals surface area contributed by atoms with Crippen LogP contribution < -0.4 is 0 Å². The Balaban J connectivity index is 2.64. The van der Waals surface area contributed by atoms with Crippen LogP contribution in [0.4, 0.5) is 0 Å². The van der Waals surface area contributed by atoms with Crippen molar-refractivity contribution in [3.8, 4) is 0 Å². The molecule has 2 nitrogen and oxygen atoms in total. The minimum Gasteiger partial charge on any atom is -0.367 e. The lowest BCUT2D eigenvalue weighted by atomic mass is 9.76. The third-order valence-corrected chi connectivity index (χ3v) is 3.65. The van der Waals surface area contributed by atoms with E-state index in [1.54, 1.807) is 0 Å². The lowest BCUT2D eigenvalue weighted by molar-refractivity contribution is -0.151. The number of hydrogen-bond donors (Lipinski definition) is 0. The molecule has 0 heterocycles. The van der Waals surface area contributed by atoms with Crippen LogP contribution in [-0.4, -0.2) is 18.0 Å². The molecule has 0 N–H and O–H groups in total. The van der Waals surface area contributed by atoms with E-state index in [-0.39, 0.29) is 0 Å². The third-order valence-electron chi connectivity index (χ3n) is 3.65. The average Bonchev–Trinajstić information content (AvgIpc) is 2.29. The summed E-state index contributed by atoms with van der Waals surface area (Å²) in [4.78, 5) is 12.2. The Kier molecular flexibility index (Phi) is 5.47. The van der Waals surface area contributed by atoms with Gasteiger partial charge in [-0.2, -0.15) is 0 Å². The summed E-state index contributed by atoms with van der Waals surface area (Å²) in [6, 6.07) is 0. The molecule has 0 amide bonds. The van der Waals surface area contributed by atoms with Gasteiger partial charge in [0.1, 0.15) is 5.60 Å². The first-order valence-corrected chi connectivity index (χ1v) is 6.82. The summed E-state index contributed by atoms with van der Waals surface area (Å²) < 4.78 is 5.93. The number of carbonyl (C=O) groups excluding carboxylic acids is 1. The summed E-state index contributed by atoms with van der Waals surface area (Å²) in [6.07, 6.45) is 6.76. The molecule has 1 fully saturated rings. The van der Waals surface area contributed by atoms with Crippen molar-refractivity contribution in [3.05, 3.63) is 0 Å². The Morgan fingerprint density at radius 3 is 2.38 bits per heavy atom. The van der Waals surface area contributed by atoms with Gasteiger partial charge in [0.2, 0.25) is 0 Å². The van der Waals surface area contributed by atoms with Crippen molar-refractivity contribution in [1.82, 2.24) is 0 Å². The van der Waals surface area contributed by atoms with Crippen molar-refractivity contribution in [1.29, 1.82) is 0 Å². The topological polar surface area (TPSA) is 26.3 Å². The minimum atomic E-state index is -0.418. The van der Waals surface area contributed by atoms with E-state index < -0.39 is 5.60 Å². The van der Waals surface area contributed by atoms with Crippen LogP contribution in [0.1, 0.15) is 65.7 Å². The van der Waals surface area contributed by atoms with Gasteiger partial charge in [-0.1, -0.05) is 20.8 Å². The molecule has 0 saturated heterocycles. The third kappa shape index (κ3) is 3.31. The van der Waals surface area contributed by atoms with Crippen molar-refractivity contribution in [3.63, 3.8) is 0 Å². The number of hydrogen-bond acceptors (Lipinski definition) is 2. The molecule has 16 heavy (non-hydrogen) atoms. The summed E-state index contributed by atoms with van der Waals surface area (Å²) in [5, 5.41) is 0. The Morgan fingerprint density at radius 1 is 1.25 bits per heavy atom. The van der Waals surface area contributed by atoms with Gasteiger partial charge >= 0.3 is 0 Å². The zero-order valence-corrected chi connectivity index (χ0v) is 11.1. The molecule has 0 radical (unpaired) electrons. The van der Waals surface area contributed by atoms with Crippen molar-refractivity contribution in [2.75, 3.05) is 6.61 Å². The molecule has 0 aromatic carbocycles. The van der Waals surface area contributed by atoms with Gasteiger partial charge in [0.25, 0.3) is 0 Å². The highest BCUT2D eigenvalue weighted by Crippen LogP contribution is 2.36. The van der Waals surface area contributed by atoms with Gasteiger partial charge in [-0.25, -0.2) is 0 Å². The first-order chi connectivity index (χ1) is 7.64. The fourth-order valence-electron chi connectivity index (χ4n) is 2.48. The highest BCUT2D eigenvalue weighted by Gasteiger charge is 2.40. The second kappa shape index (κ2) is 6.39. The second-order valence-corrected chi connectivity index (χ2v) is 5.20. The predicted molar refractivity (Wildman–Crippen MR) is 66.5 cm³/mol. The van der Waals surface area contributed by atoms with Crippen LogP contribution >= 0.6 is 0 Å². The van der Waals surface area contributed by atoms with E-state index in [2.05, 4.69) is 20.8 Å². The molecule has 1 saturated carbocycles. The van der Waals surface area contributed by atoms with Crippen LogP contribution in [0.3, 0.4) is 0 Å². The second-order valence-electron chi connectivity index (χ2n) is 5.20. The lowest BCUT2D eigenvalue weighted by Gasteiger charge is -2.38. The van der Waals surface area contributed by atoms with Gasteiger partial charge in [-0.05, 0) is 44.4 Å². The van der Waals surface area contributed by atoms with Crippen molar-refractivity contribution >= 4 is 5.78 Å². The van der Waals surface area contributed by atoms with Gasteiger partial charge in [-0.15, -0.1) is 0 Å². The summed E-state index contributed by atoms with van der Waals surface area (Å²) in [5.74, 6) is 1.10. The maximum atomic E-state index is 12.2. The summed E-state index contributed by atoms with van der Waals surface area (Å²) in [7, 11) is 0. The SMILES string of the molecule is CCCOC1(C(=O)CCC)CCC(C)CC1. The first kappa shape index (κ1) is 13.7. The van der Waals surface area contributed by atoms with E-state index in [9.17, 15) is 4.79 Å². The van der Waals surface area contributed by atoms with E-state index in [1.807, 2.05) is 0 Å². The molecule has 1 aliphatic carbocycles. The first-order valence-electron chi connectivity index (χ1n) is 6.82. The van der Waals surface area contributed by atoms with Crippen LogP contribution in [-0.2, 0) is 9.53 Å². The number of ketones is 1. The lowest BCUT2D eigenvalue weighted by Crippen LogP contribution is -2.44. The largest absolute Gasteiger partial charge is 0.367 e. The molecule has 0 atom stereocenters. The Labute approximate surface area is 99.8 Å². The van der Waals surface area contributed by atoms with Crippen LogP contribution in [0.15, 0.2) is 0 Å². The molecule has 0 bridgehead atoms. The zero-order valence-electron chi connectivity index (χ0n) is 11.1. The summed E-state index contributed by atoms with van der Waals surface area (Å²) >= 11 is 0. The quantitative estimate of drug-likeness (QED) is 0.689. The number of ether oxygens (including phenoxy) is 1. The zero-order chi connectivity index (χ0) is 12.0. The van der Waals surface area contributed by atoms with Crippen LogP contribution in [0, 0.1) is 5.92 Å². The molecule has 2 heteroatoms. The molecule has 0 aromatic heterocycles. The molecular formula is C14H26O2. The monoisotopic (exact) mass is 226 g/mol. The number of carbonyl (C=O) groups is 1. The summed E-state index contributed by atoms with van der Waals surface area (Å²) in [5.41, 5.74) is -0.418. The normalized spacial score (nSPS) is 30.3. The van der Waals surface area contributed by atoms with Crippen LogP contribution in [0.5, 0.6) is 0 Å². The van der Waals surface area contributed by atoms with E-state index in [0.29, 0.717) is 12.2 Å². The number of Topliss-reactive ketones (excluding diaryl/α,β-unsaturated/α-hetero) is 1. The maximum Gasteiger partial charge on any atom is 0.164 e. The molecular weight excluding hydrogens is 200 g/mol. The minimum absolute atomic E-state index is 0.343. The van der Waals surface area contributed by atoms with Gasteiger partial charge in [0.05, 0.1) is 0 Å². The Morgan fingerprint density at radius 2 is 1.88 bits per heavy atom. The molecule has 0 unspecified atom stereocenters. The van der Waals surface area contributed by atoms with E-state index in [1.165, 1.54) is 0 Å². The molecule has 0 aliphatic heterocycles. The van der Waals surface area contributed by atoms with Crippen molar-refractivity contribution < 1.29 is 9.53 Å². The molecule has 0 aromatic rings. The molecule has 0 spiro atoms. The van der Waals surface area contributed by atoms with Gasteiger partial charge < -0.3 is 4.74 Å². The predicted octanol–water partition coefficient (Wildman–Crippen LogP) is 3.73. The molecule has 94 valence electrons. The van der Waals surface area contributed by atoms with Crippen molar-refractivity contribution in [2.45, 2.75) is 71.3 Å². The van der Waals surface area contributed by atoms with Crippen molar-refractivity contribution in [2.24, 2.45) is 5.92 Å². The smallest absolute Gasteiger partial charge is 0.164 e. The number of rotatable bonds is 6. The van der Waals surface area contributed by atoms with Gasteiger partial charge in [0, 0.05) is 13.0 Å². The van der Waals surface area contributed by atoms with Gasteiger partial charge in [-0.3, -0.25) is 4.79 Å². The highest BCUT2D eigenvalue weighted by molar-refractivity contribution is 5.87. The molecule has 1 rings (SSSR count). The highest BCUT2D eigenvalue weighted by atomic mass is 16.5. The maximum absolute atomic E-state index is 12.2.